The van der Waals surface area contributed by atoms with E-state index in [1.165, 1.54) is 35.2 Å². The molecule has 8 heteroatoms. The first-order valence-electron chi connectivity index (χ1n) is 9.19. The average Bonchev–Trinajstić information content (AvgIpc) is 2.72. The number of fused-ring (bicyclic) bond motifs is 1. The zero-order valence-corrected chi connectivity index (χ0v) is 16.3. The number of nitriles is 1. The molecular weight excluding hydrogens is 397 g/mol. The molecule has 0 radical (unpaired) electrons. The molecule has 2 aromatic rings. The number of carbonyl (C=O) groups is 1. The van der Waals surface area contributed by atoms with Crippen molar-refractivity contribution in [2.75, 3.05) is 13.7 Å². The first-order chi connectivity index (χ1) is 14.2. The molecule has 1 aliphatic heterocycles. The molecule has 1 aliphatic rings. The Bertz CT molecular complexity index is 1010. The van der Waals surface area contributed by atoms with E-state index in [-0.39, 0.29) is 18.2 Å². The molecule has 0 aromatic heterocycles. The van der Waals surface area contributed by atoms with Gasteiger partial charge in [-0.2, -0.15) is 5.26 Å². The van der Waals surface area contributed by atoms with Gasteiger partial charge in [0, 0.05) is 24.7 Å². The molecule has 2 aromatic carbocycles. The zero-order valence-electron chi connectivity index (χ0n) is 16.3. The van der Waals surface area contributed by atoms with Gasteiger partial charge < -0.3 is 14.4 Å². The molecule has 156 valence electrons. The number of carbonyl (C=O) groups excluding carboxylic acids is 1. The topological polar surface area (TPSA) is 62.6 Å². The van der Waals surface area contributed by atoms with Gasteiger partial charge in [-0.3, -0.25) is 4.79 Å². The Labute approximate surface area is 171 Å². The lowest BCUT2D eigenvalue weighted by atomic mass is 9.90. The fourth-order valence-corrected chi connectivity index (χ4v) is 3.41. The fraction of sp³-hybridized carbons (Fsp3) is 0.273. The molecule has 0 spiro atoms. The van der Waals surface area contributed by atoms with Crippen LogP contribution < -0.4 is 9.47 Å². The van der Waals surface area contributed by atoms with Crippen molar-refractivity contribution < 1.29 is 27.4 Å². The van der Waals surface area contributed by atoms with Crippen LogP contribution in [-0.2, 0) is 17.8 Å². The summed E-state index contributed by atoms with van der Waals surface area (Å²) in [6.45, 7) is 4.13. The molecule has 0 aliphatic carbocycles. The summed E-state index contributed by atoms with van der Waals surface area (Å²) in [5.74, 6) is -0.0713. The van der Waals surface area contributed by atoms with Crippen LogP contribution in [0, 0.1) is 11.3 Å². The van der Waals surface area contributed by atoms with Gasteiger partial charge in [0.2, 0.25) is 5.91 Å². The van der Waals surface area contributed by atoms with Crippen LogP contribution in [0.2, 0.25) is 0 Å². The lowest BCUT2D eigenvalue weighted by Crippen LogP contribution is -2.25. The molecule has 0 unspecified atom stereocenters. The van der Waals surface area contributed by atoms with Crippen molar-refractivity contribution in [3.8, 4) is 28.7 Å². The van der Waals surface area contributed by atoms with Crippen LogP contribution in [0.5, 0.6) is 11.5 Å². The van der Waals surface area contributed by atoms with Crippen molar-refractivity contribution >= 4 is 5.91 Å². The summed E-state index contributed by atoms with van der Waals surface area (Å²) < 4.78 is 47.1. The fourth-order valence-electron chi connectivity index (χ4n) is 3.41. The Morgan fingerprint density at radius 2 is 2.07 bits per heavy atom. The standard InChI is InChI=1S/C22H19F3N2O3/c1-3-20(28)27(2)13-15-11-18(21-17(19(15)12-26)5-4-10-29-21)14-6-8-16(9-7-14)30-22(23,24)25/h3,6-9,11H,1,4-5,10,13H2,2H3. The molecule has 30 heavy (non-hydrogen) atoms. The quantitative estimate of drug-likeness (QED) is 0.669. The predicted molar refractivity (Wildman–Crippen MR) is 104 cm³/mol. The molecule has 3 rings (SSSR count). The first kappa shape index (κ1) is 21.2. The van der Waals surface area contributed by atoms with Crippen molar-refractivity contribution in [3.05, 3.63) is 59.7 Å². The number of nitrogens with zero attached hydrogens (tertiary/aromatic N) is 2. The second-order valence-corrected chi connectivity index (χ2v) is 6.80. The van der Waals surface area contributed by atoms with Gasteiger partial charge in [-0.15, -0.1) is 13.2 Å². The second kappa shape index (κ2) is 8.49. The maximum absolute atomic E-state index is 12.4. The molecule has 0 saturated heterocycles. The molecule has 0 N–H and O–H groups in total. The van der Waals surface area contributed by atoms with Gasteiger partial charge in [-0.05, 0) is 48.2 Å². The maximum Gasteiger partial charge on any atom is 0.573 e. The summed E-state index contributed by atoms with van der Waals surface area (Å²) in [5, 5.41) is 9.74. The van der Waals surface area contributed by atoms with Crippen LogP contribution in [-0.4, -0.2) is 30.8 Å². The highest BCUT2D eigenvalue weighted by Crippen LogP contribution is 2.41. The highest BCUT2D eigenvalue weighted by molar-refractivity contribution is 5.87. The SMILES string of the molecule is C=CC(=O)N(C)Cc1cc(-c2ccc(OC(F)(F)F)cc2)c2c(c1C#N)CCCO2. The molecular formula is C22H19F3N2O3. The monoisotopic (exact) mass is 416 g/mol. The highest BCUT2D eigenvalue weighted by atomic mass is 19.4. The molecule has 0 atom stereocenters. The first-order valence-corrected chi connectivity index (χ1v) is 9.19. The third kappa shape index (κ3) is 4.57. The van der Waals surface area contributed by atoms with E-state index in [4.69, 9.17) is 4.74 Å². The number of halogens is 3. The van der Waals surface area contributed by atoms with Crippen molar-refractivity contribution in [2.45, 2.75) is 25.7 Å². The Morgan fingerprint density at radius 3 is 2.67 bits per heavy atom. The minimum absolute atomic E-state index is 0.184. The molecule has 1 heterocycles. The number of likely N-dealkylation sites (N-methyl/N-ethyl adjacent to an activating group) is 1. The Kier molecular flexibility index (Phi) is 6.01. The minimum Gasteiger partial charge on any atom is -0.493 e. The Balaban J connectivity index is 2.07. The van der Waals surface area contributed by atoms with Crippen LogP contribution in [0.15, 0.2) is 43.0 Å². The van der Waals surface area contributed by atoms with Crippen LogP contribution in [0.4, 0.5) is 13.2 Å². The van der Waals surface area contributed by atoms with Crippen LogP contribution in [0.1, 0.15) is 23.1 Å². The van der Waals surface area contributed by atoms with Crippen molar-refractivity contribution in [1.82, 2.24) is 4.90 Å². The number of benzene rings is 2. The minimum atomic E-state index is -4.77. The lowest BCUT2D eigenvalue weighted by Gasteiger charge is -2.25. The number of alkyl halides is 3. The third-order valence-corrected chi connectivity index (χ3v) is 4.75. The second-order valence-electron chi connectivity index (χ2n) is 6.80. The normalized spacial score (nSPS) is 12.9. The summed E-state index contributed by atoms with van der Waals surface area (Å²) in [6.07, 6.45) is -2.21. The largest absolute Gasteiger partial charge is 0.573 e. The van der Waals surface area contributed by atoms with Gasteiger partial charge in [0.05, 0.1) is 18.2 Å². The molecule has 0 fully saturated rings. The van der Waals surface area contributed by atoms with Crippen molar-refractivity contribution in [2.24, 2.45) is 0 Å². The number of rotatable bonds is 5. The zero-order chi connectivity index (χ0) is 21.9. The van der Waals surface area contributed by atoms with Gasteiger partial charge in [0.15, 0.2) is 0 Å². The summed E-state index contributed by atoms with van der Waals surface area (Å²) >= 11 is 0. The van der Waals surface area contributed by atoms with E-state index >= 15 is 0 Å². The number of ether oxygens (including phenoxy) is 2. The van der Waals surface area contributed by atoms with Crippen molar-refractivity contribution in [3.63, 3.8) is 0 Å². The summed E-state index contributed by atoms with van der Waals surface area (Å²) in [5.41, 5.74) is 3.09. The van der Waals surface area contributed by atoms with E-state index in [1.807, 2.05) is 0 Å². The summed E-state index contributed by atoms with van der Waals surface area (Å²) in [7, 11) is 1.60. The van der Waals surface area contributed by atoms with Gasteiger partial charge >= 0.3 is 6.36 Å². The molecule has 0 bridgehead atoms. The highest BCUT2D eigenvalue weighted by Gasteiger charge is 2.31. The van der Waals surface area contributed by atoms with Crippen LogP contribution in [0.3, 0.4) is 0 Å². The lowest BCUT2D eigenvalue weighted by molar-refractivity contribution is -0.274. The van der Waals surface area contributed by atoms with E-state index in [2.05, 4.69) is 17.4 Å². The number of hydrogen-bond donors (Lipinski definition) is 0. The van der Waals surface area contributed by atoms with Gasteiger partial charge in [0.1, 0.15) is 11.5 Å². The van der Waals surface area contributed by atoms with Crippen molar-refractivity contribution in [1.29, 1.82) is 5.26 Å². The summed E-state index contributed by atoms with van der Waals surface area (Å²) in [6, 6.07) is 9.41. The smallest absolute Gasteiger partial charge is 0.493 e. The van der Waals surface area contributed by atoms with Crippen LogP contribution in [0.25, 0.3) is 11.1 Å². The predicted octanol–water partition coefficient (Wildman–Crippen LogP) is 4.59. The maximum atomic E-state index is 12.4. The summed E-state index contributed by atoms with van der Waals surface area (Å²) in [4.78, 5) is 13.3. The van der Waals surface area contributed by atoms with Gasteiger partial charge in [-0.1, -0.05) is 18.7 Å². The Morgan fingerprint density at radius 1 is 1.37 bits per heavy atom. The van der Waals surface area contributed by atoms with Gasteiger partial charge in [0.25, 0.3) is 0 Å². The van der Waals surface area contributed by atoms with E-state index in [1.54, 1.807) is 13.1 Å². The van der Waals surface area contributed by atoms with Crippen LogP contribution >= 0.6 is 0 Å². The van der Waals surface area contributed by atoms with E-state index in [0.717, 1.165) is 12.0 Å². The average molecular weight is 416 g/mol. The molecule has 1 amide bonds. The number of hydrogen-bond acceptors (Lipinski definition) is 4. The Hall–Kier alpha value is -3.47. The van der Waals surface area contributed by atoms with E-state index < -0.39 is 6.36 Å². The van der Waals surface area contributed by atoms with E-state index in [9.17, 15) is 23.2 Å². The molecule has 0 saturated carbocycles. The van der Waals surface area contributed by atoms with E-state index in [0.29, 0.717) is 41.0 Å². The third-order valence-electron chi connectivity index (χ3n) is 4.75. The van der Waals surface area contributed by atoms with Gasteiger partial charge in [-0.25, -0.2) is 0 Å². The number of amides is 1. The molecule has 5 nitrogen and oxygen atoms in total.